The molecule has 340 valence electrons. The summed E-state index contributed by atoms with van der Waals surface area (Å²) in [5.74, 6) is 0. The summed E-state index contributed by atoms with van der Waals surface area (Å²) in [6.07, 6.45) is 0. The highest BCUT2D eigenvalue weighted by atomic mass is 15.2. The molecule has 0 unspecified atom stereocenters. The summed E-state index contributed by atoms with van der Waals surface area (Å²) in [6.45, 7) is 14.3. The maximum atomic E-state index is 2.52. The van der Waals surface area contributed by atoms with E-state index in [-0.39, 0.29) is 16.2 Å². The molecule has 14 rings (SSSR count). The van der Waals surface area contributed by atoms with Gasteiger partial charge in [-0.25, -0.2) is 0 Å². The van der Waals surface area contributed by atoms with Gasteiger partial charge in [0.2, 0.25) is 0 Å². The van der Waals surface area contributed by atoms with Crippen molar-refractivity contribution >= 4 is 66.4 Å². The number of anilines is 6. The van der Waals surface area contributed by atoms with Crippen LogP contribution in [0.25, 0.3) is 65.7 Å². The molecule has 2 nitrogen and oxygen atoms in total. The van der Waals surface area contributed by atoms with Crippen LogP contribution in [0.2, 0.25) is 0 Å². The summed E-state index contributed by atoms with van der Waals surface area (Å²) >= 11 is 0. The van der Waals surface area contributed by atoms with Crippen LogP contribution in [0.15, 0.2) is 218 Å². The predicted octanol–water partition coefficient (Wildman–Crippen LogP) is 19.0. The summed E-state index contributed by atoms with van der Waals surface area (Å²) < 4.78 is 0. The van der Waals surface area contributed by atoms with Crippen LogP contribution < -0.4 is 9.80 Å². The van der Waals surface area contributed by atoms with Crippen LogP contribution in [0.1, 0.15) is 74.9 Å². The number of hydrogen-bond acceptors (Lipinski definition) is 2. The lowest BCUT2D eigenvalue weighted by Crippen LogP contribution is -2.30. The number of benzene rings is 11. The van der Waals surface area contributed by atoms with Crippen LogP contribution in [0.3, 0.4) is 0 Å². The minimum Gasteiger partial charge on any atom is -0.310 e. The zero-order valence-corrected chi connectivity index (χ0v) is 41.2. The topological polar surface area (TPSA) is 6.48 Å². The SMILES string of the molecule is CC1(C)c2ccccc2N(c2ccc3c(-c4cccc5c4C(C)(C)c4ccccc4-5)c4cc(N5c6ccccc6C(C)(C)c6ccccc65)ccc4c(-c4ccc5ccccc5c4)c3c2)c2ccccc21. The molecule has 2 heterocycles. The van der Waals surface area contributed by atoms with Crippen LogP contribution in [0.4, 0.5) is 34.1 Å². The average Bonchev–Trinajstić information content (AvgIpc) is 3.64. The first-order valence-corrected chi connectivity index (χ1v) is 25.3. The monoisotopic (exact) mass is 910 g/mol. The molecular formula is C69H54N2. The Kier molecular flexibility index (Phi) is 8.76. The lowest BCUT2D eigenvalue weighted by molar-refractivity contribution is 0.632. The first-order valence-electron chi connectivity index (χ1n) is 25.3. The van der Waals surface area contributed by atoms with Gasteiger partial charge in [0.15, 0.2) is 0 Å². The van der Waals surface area contributed by atoms with E-state index < -0.39 is 0 Å². The molecule has 0 saturated carbocycles. The van der Waals surface area contributed by atoms with Crippen LogP contribution in [0.5, 0.6) is 0 Å². The van der Waals surface area contributed by atoms with Crippen molar-refractivity contribution in [3.8, 4) is 33.4 Å². The highest BCUT2D eigenvalue weighted by molar-refractivity contribution is 6.24. The zero-order chi connectivity index (χ0) is 48.0. The number of fused-ring (bicyclic) bond motifs is 10. The van der Waals surface area contributed by atoms with Crippen molar-refractivity contribution < 1.29 is 0 Å². The fraction of sp³-hybridized carbons (Fsp3) is 0.130. The number of rotatable bonds is 4. The normalized spacial score (nSPS) is 15.5. The fourth-order valence-corrected chi connectivity index (χ4v) is 13.4. The summed E-state index contributed by atoms with van der Waals surface area (Å²) in [7, 11) is 0. The predicted molar refractivity (Wildman–Crippen MR) is 301 cm³/mol. The molecule has 0 saturated heterocycles. The van der Waals surface area contributed by atoms with Gasteiger partial charge < -0.3 is 9.80 Å². The Morgan fingerprint density at radius 1 is 0.282 bits per heavy atom. The third-order valence-corrected chi connectivity index (χ3v) is 16.8. The van der Waals surface area contributed by atoms with E-state index in [0.717, 1.165) is 11.4 Å². The molecule has 0 N–H and O–H groups in total. The first-order chi connectivity index (χ1) is 34.5. The number of hydrogen-bond donors (Lipinski definition) is 0. The van der Waals surface area contributed by atoms with Gasteiger partial charge in [0.05, 0.1) is 22.7 Å². The maximum Gasteiger partial charge on any atom is 0.0502 e. The molecule has 0 aromatic heterocycles. The van der Waals surface area contributed by atoms with Gasteiger partial charge in [0.25, 0.3) is 0 Å². The van der Waals surface area contributed by atoms with Crippen LogP contribution in [0, 0.1) is 0 Å². The summed E-state index contributed by atoms with van der Waals surface area (Å²) in [5, 5.41) is 7.40. The van der Waals surface area contributed by atoms with Crippen molar-refractivity contribution in [3.63, 3.8) is 0 Å². The van der Waals surface area contributed by atoms with E-state index in [4.69, 9.17) is 0 Å². The molecule has 71 heavy (non-hydrogen) atoms. The lowest BCUT2D eigenvalue weighted by Gasteiger charge is -2.42. The second-order valence-corrected chi connectivity index (χ2v) is 21.7. The van der Waals surface area contributed by atoms with Gasteiger partial charge in [-0.2, -0.15) is 0 Å². The maximum absolute atomic E-state index is 2.52. The van der Waals surface area contributed by atoms with Crippen molar-refractivity contribution in [3.05, 3.63) is 252 Å². The van der Waals surface area contributed by atoms with Gasteiger partial charge >= 0.3 is 0 Å². The molecule has 1 aliphatic carbocycles. The Labute approximate surface area is 417 Å². The minimum atomic E-state index is -0.236. The average molecular weight is 911 g/mol. The van der Waals surface area contributed by atoms with Gasteiger partial charge in [-0.1, -0.05) is 205 Å². The lowest BCUT2D eigenvalue weighted by atomic mass is 9.73. The van der Waals surface area contributed by atoms with Crippen LogP contribution in [-0.4, -0.2) is 0 Å². The van der Waals surface area contributed by atoms with Gasteiger partial charge in [-0.05, 0) is 154 Å². The molecule has 0 spiro atoms. The van der Waals surface area contributed by atoms with E-state index in [0.29, 0.717) is 0 Å². The van der Waals surface area contributed by atoms with Crippen molar-refractivity contribution in [2.45, 2.75) is 57.8 Å². The number of para-hydroxylation sites is 4. The van der Waals surface area contributed by atoms with Gasteiger partial charge in [-0.15, -0.1) is 0 Å². The minimum absolute atomic E-state index is 0.166. The van der Waals surface area contributed by atoms with E-state index in [9.17, 15) is 0 Å². The highest BCUT2D eigenvalue weighted by Gasteiger charge is 2.41. The van der Waals surface area contributed by atoms with Crippen molar-refractivity contribution in [2.75, 3.05) is 9.80 Å². The largest absolute Gasteiger partial charge is 0.310 e. The third kappa shape index (κ3) is 5.82. The molecular weight excluding hydrogens is 857 g/mol. The standard InChI is InChI=1S/C69H54N2/c1-67(2)56-26-11-15-30-60(56)70(61-31-16-12-27-57(61)67)46-37-39-50-53(41-46)64(45-35-34-43-20-7-8-21-44(43)40-45)49-38-36-47(71-62-32-17-13-28-58(62)68(3,4)59-29-14-18-33-63(59)71)42-54(49)65(50)52-24-19-23-51-48-22-9-10-25-55(48)69(5,6)66(51)52/h7-42H,1-6H3. The quantitative estimate of drug-likeness (QED) is 0.162. The van der Waals surface area contributed by atoms with E-state index in [1.54, 1.807) is 0 Å². The Bertz CT molecular complexity index is 3950. The Morgan fingerprint density at radius 2 is 0.704 bits per heavy atom. The van der Waals surface area contributed by atoms with Crippen LogP contribution >= 0.6 is 0 Å². The van der Waals surface area contributed by atoms with E-state index in [1.807, 2.05) is 0 Å². The molecule has 0 amide bonds. The number of nitrogens with zero attached hydrogens (tertiary/aromatic N) is 2. The zero-order valence-electron chi connectivity index (χ0n) is 41.2. The molecule has 2 heteroatoms. The summed E-state index contributed by atoms with van der Waals surface area (Å²) in [4.78, 5) is 5.03. The van der Waals surface area contributed by atoms with Gasteiger partial charge in [-0.3, -0.25) is 0 Å². The molecule has 0 radical (unpaired) electrons. The Balaban J connectivity index is 1.13. The van der Waals surface area contributed by atoms with Gasteiger partial charge in [0.1, 0.15) is 0 Å². The van der Waals surface area contributed by atoms with E-state index >= 15 is 0 Å². The fourth-order valence-electron chi connectivity index (χ4n) is 13.4. The molecule has 11 aromatic rings. The second-order valence-electron chi connectivity index (χ2n) is 21.7. The molecule has 3 aliphatic rings. The van der Waals surface area contributed by atoms with Crippen molar-refractivity contribution in [2.24, 2.45) is 0 Å². The molecule has 2 aliphatic heterocycles. The smallest absolute Gasteiger partial charge is 0.0502 e. The Hall–Kier alpha value is -8.20. The summed E-state index contributed by atoms with van der Waals surface area (Å²) in [6, 6.07) is 82.7. The Morgan fingerprint density at radius 3 is 1.25 bits per heavy atom. The molecule has 11 aromatic carbocycles. The molecule has 0 fully saturated rings. The summed E-state index contributed by atoms with van der Waals surface area (Å²) in [5.41, 5.74) is 22.3. The van der Waals surface area contributed by atoms with E-state index in [2.05, 4.69) is 270 Å². The van der Waals surface area contributed by atoms with Crippen molar-refractivity contribution in [1.82, 2.24) is 0 Å². The van der Waals surface area contributed by atoms with Crippen LogP contribution in [-0.2, 0) is 16.2 Å². The van der Waals surface area contributed by atoms with Crippen molar-refractivity contribution in [1.29, 1.82) is 0 Å². The second kappa shape index (κ2) is 14.9. The molecule has 0 atom stereocenters. The first kappa shape index (κ1) is 41.7. The molecule has 0 bridgehead atoms. The third-order valence-electron chi connectivity index (χ3n) is 16.8. The van der Waals surface area contributed by atoms with Gasteiger partial charge in [0, 0.05) is 27.6 Å². The van der Waals surface area contributed by atoms with E-state index in [1.165, 1.54) is 122 Å². The highest BCUT2D eigenvalue weighted by Crippen LogP contribution is 2.58.